The summed E-state index contributed by atoms with van der Waals surface area (Å²) in [5, 5.41) is 18.8. The molecule has 0 fully saturated rings. The molecule has 1 aliphatic rings. The number of amides is 1. The van der Waals surface area contributed by atoms with Crippen LogP contribution in [0.1, 0.15) is 12.0 Å². The lowest BCUT2D eigenvalue weighted by Gasteiger charge is -2.09. The van der Waals surface area contributed by atoms with Gasteiger partial charge in [0.05, 0.1) is 18.9 Å². The maximum atomic E-state index is 12.4. The molecule has 0 unspecified atom stereocenters. The number of thiazole rings is 1. The molecule has 3 aromatic rings. The molecule has 29 heavy (non-hydrogen) atoms. The second-order valence-corrected chi connectivity index (χ2v) is 7.17. The van der Waals surface area contributed by atoms with E-state index in [0.29, 0.717) is 41.1 Å². The van der Waals surface area contributed by atoms with E-state index >= 15 is 0 Å². The SMILES string of the molecule is Cn1cc(/C=C(\C#N)C(=O)Nc2nccs2)c(-c2ccc3c(c2)OCCCO3)n1. The molecule has 1 aromatic carbocycles. The number of hydrogen-bond donors (Lipinski definition) is 1. The quantitative estimate of drug-likeness (QED) is 0.526. The molecule has 3 heterocycles. The summed E-state index contributed by atoms with van der Waals surface area (Å²) in [4.78, 5) is 16.4. The summed E-state index contributed by atoms with van der Waals surface area (Å²) in [5.41, 5.74) is 2.05. The summed E-state index contributed by atoms with van der Waals surface area (Å²) in [7, 11) is 1.78. The number of carbonyl (C=O) groups is 1. The van der Waals surface area contributed by atoms with Gasteiger partial charge in [-0.05, 0) is 24.3 Å². The summed E-state index contributed by atoms with van der Waals surface area (Å²) in [5.74, 6) is 0.832. The molecule has 0 aliphatic carbocycles. The number of fused-ring (bicyclic) bond motifs is 1. The van der Waals surface area contributed by atoms with Crippen molar-refractivity contribution < 1.29 is 14.3 Å². The number of aromatic nitrogens is 3. The third kappa shape index (κ3) is 4.12. The third-order valence-electron chi connectivity index (χ3n) is 4.20. The van der Waals surface area contributed by atoms with Crippen molar-refractivity contribution in [2.75, 3.05) is 18.5 Å². The molecule has 1 aliphatic heterocycles. The standard InChI is InChI=1S/C20H17N5O3S/c1-25-12-15(9-14(11-21)19(26)23-20-22-5-8-29-20)18(24-25)13-3-4-16-17(10-13)28-7-2-6-27-16/h3-5,8-10,12H,2,6-7H2,1H3,(H,22,23,26)/b14-9+. The van der Waals surface area contributed by atoms with Crippen molar-refractivity contribution in [3.05, 3.63) is 47.1 Å². The van der Waals surface area contributed by atoms with Gasteiger partial charge in [0.1, 0.15) is 11.6 Å². The van der Waals surface area contributed by atoms with Gasteiger partial charge in [0, 0.05) is 42.4 Å². The molecule has 1 N–H and O–H groups in total. The predicted octanol–water partition coefficient (Wildman–Crippen LogP) is 3.25. The second-order valence-electron chi connectivity index (χ2n) is 6.28. The van der Waals surface area contributed by atoms with E-state index in [0.717, 1.165) is 12.0 Å². The van der Waals surface area contributed by atoms with Gasteiger partial charge >= 0.3 is 0 Å². The first-order chi connectivity index (χ1) is 14.1. The van der Waals surface area contributed by atoms with Crippen molar-refractivity contribution in [2.24, 2.45) is 7.05 Å². The summed E-state index contributed by atoms with van der Waals surface area (Å²) in [6, 6.07) is 7.55. The van der Waals surface area contributed by atoms with Gasteiger partial charge in [-0.15, -0.1) is 11.3 Å². The van der Waals surface area contributed by atoms with E-state index in [1.54, 1.807) is 29.5 Å². The van der Waals surface area contributed by atoms with E-state index in [1.165, 1.54) is 17.4 Å². The monoisotopic (exact) mass is 407 g/mol. The fraction of sp³-hybridized carbons (Fsp3) is 0.200. The Labute approximate surface area is 171 Å². The van der Waals surface area contributed by atoms with E-state index in [9.17, 15) is 10.1 Å². The Bertz CT molecular complexity index is 1110. The van der Waals surface area contributed by atoms with E-state index in [2.05, 4.69) is 15.4 Å². The van der Waals surface area contributed by atoms with Gasteiger partial charge in [-0.2, -0.15) is 10.4 Å². The summed E-state index contributed by atoms with van der Waals surface area (Å²) < 4.78 is 13.1. The summed E-state index contributed by atoms with van der Waals surface area (Å²) >= 11 is 1.28. The highest BCUT2D eigenvalue weighted by Gasteiger charge is 2.17. The fourth-order valence-electron chi connectivity index (χ4n) is 2.90. The molecular formula is C20H17N5O3S. The van der Waals surface area contributed by atoms with Crippen LogP contribution in [0, 0.1) is 11.3 Å². The summed E-state index contributed by atoms with van der Waals surface area (Å²) in [6.45, 7) is 1.20. The Kier molecular flexibility index (Phi) is 5.27. The highest BCUT2D eigenvalue weighted by molar-refractivity contribution is 7.13. The zero-order valence-electron chi connectivity index (χ0n) is 15.6. The van der Waals surface area contributed by atoms with Crippen LogP contribution in [0.15, 0.2) is 41.5 Å². The van der Waals surface area contributed by atoms with Crippen molar-refractivity contribution in [3.8, 4) is 28.8 Å². The summed E-state index contributed by atoms with van der Waals surface area (Å²) in [6.07, 6.45) is 5.68. The molecule has 4 rings (SSSR count). The highest BCUT2D eigenvalue weighted by atomic mass is 32.1. The van der Waals surface area contributed by atoms with Crippen LogP contribution in [-0.2, 0) is 11.8 Å². The fourth-order valence-corrected chi connectivity index (χ4v) is 3.43. The largest absolute Gasteiger partial charge is 0.490 e. The maximum absolute atomic E-state index is 12.4. The molecular weight excluding hydrogens is 390 g/mol. The third-order valence-corrected chi connectivity index (χ3v) is 4.88. The van der Waals surface area contributed by atoms with Crippen LogP contribution in [0.5, 0.6) is 11.5 Å². The number of nitrogens with one attached hydrogen (secondary N) is 1. The average molecular weight is 407 g/mol. The second kappa shape index (κ2) is 8.16. The molecule has 0 radical (unpaired) electrons. The van der Waals surface area contributed by atoms with E-state index in [4.69, 9.17) is 9.47 Å². The van der Waals surface area contributed by atoms with Crippen molar-refractivity contribution >= 4 is 28.5 Å². The van der Waals surface area contributed by atoms with Crippen molar-refractivity contribution in [1.82, 2.24) is 14.8 Å². The van der Waals surface area contributed by atoms with Gasteiger partial charge in [-0.3, -0.25) is 14.8 Å². The minimum absolute atomic E-state index is 0.0382. The average Bonchev–Trinajstić information content (AvgIpc) is 3.28. The molecule has 0 saturated carbocycles. The van der Waals surface area contributed by atoms with Crippen LogP contribution < -0.4 is 14.8 Å². The van der Waals surface area contributed by atoms with Gasteiger partial charge in [-0.25, -0.2) is 4.98 Å². The zero-order valence-corrected chi connectivity index (χ0v) is 16.4. The topological polar surface area (TPSA) is 102 Å². The molecule has 8 nitrogen and oxygen atoms in total. The molecule has 146 valence electrons. The van der Waals surface area contributed by atoms with Gasteiger partial charge in [0.2, 0.25) is 0 Å². The number of aryl methyl sites for hydroxylation is 1. The normalized spacial score (nSPS) is 13.4. The number of nitriles is 1. The Hall–Kier alpha value is -3.64. The van der Waals surface area contributed by atoms with Gasteiger partial charge in [0.25, 0.3) is 5.91 Å². The molecule has 0 spiro atoms. The Balaban J connectivity index is 1.68. The zero-order chi connectivity index (χ0) is 20.2. The van der Waals surface area contributed by atoms with Gasteiger partial charge in [-0.1, -0.05) is 0 Å². The smallest absolute Gasteiger partial charge is 0.268 e. The number of benzene rings is 1. The number of hydrogen-bond acceptors (Lipinski definition) is 7. The van der Waals surface area contributed by atoms with Crippen molar-refractivity contribution in [3.63, 3.8) is 0 Å². The van der Waals surface area contributed by atoms with Crippen LogP contribution in [0.2, 0.25) is 0 Å². The number of rotatable bonds is 4. The molecule has 1 amide bonds. The van der Waals surface area contributed by atoms with Gasteiger partial charge < -0.3 is 9.47 Å². The van der Waals surface area contributed by atoms with Crippen molar-refractivity contribution in [2.45, 2.75) is 6.42 Å². The first-order valence-corrected chi connectivity index (χ1v) is 9.78. The Morgan fingerprint density at radius 3 is 2.93 bits per heavy atom. The van der Waals surface area contributed by atoms with Crippen molar-refractivity contribution in [1.29, 1.82) is 5.26 Å². The lowest BCUT2D eigenvalue weighted by Crippen LogP contribution is -2.13. The van der Waals surface area contributed by atoms with E-state index in [-0.39, 0.29) is 5.57 Å². The Morgan fingerprint density at radius 1 is 1.34 bits per heavy atom. The van der Waals surface area contributed by atoms with Crippen LogP contribution in [0.3, 0.4) is 0 Å². The van der Waals surface area contributed by atoms with Crippen LogP contribution in [0.25, 0.3) is 17.3 Å². The van der Waals surface area contributed by atoms with E-state index in [1.807, 2.05) is 24.3 Å². The number of ether oxygens (including phenoxy) is 2. The minimum atomic E-state index is -0.518. The molecule has 0 bridgehead atoms. The first kappa shape index (κ1) is 18.7. The number of nitrogens with zero attached hydrogens (tertiary/aromatic N) is 4. The van der Waals surface area contributed by atoms with E-state index < -0.39 is 5.91 Å². The number of carbonyl (C=O) groups excluding carboxylic acids is 1. The molecule has 9 heteroatoms. The lowest BCUT2D eigenvalue weighted by molar-refractivity contribution is -0.112. The number of anilines is 1. The lowest BCUT2D eigenvalue weighted by atomic mass is 10.1. The molecule has 2 aromatic heterocycles. The van der Waals surface area contributed by atoms with Crippen LogP contribution in [-0.4, -0.2) is 33.9 Å². The molecule has 0 saturated heterocycles. The highest BCUT2D eigenvalue weighted by Crippen LogP contribution is 2.35. The molecule has 0 atom stereocenters. The van der Waals surface area contributed by atoms with Crippen LogP contribution in [0.4, 0.5) is 5.13 Å². The predicted molar refractivity (Wildman–Crippen MR) is 109 cm³/mol. The van der Waals surface area contributed by atoms with Crippen LogP contribution >= 0.6 is 11.3 Å². The first-order valence-electron chi connectivity index (χ1n) is 8.90. The van der Waals surface area contributed by atoms with Gasteiger partial charge in [0.15, 0.2) is 16.6 Å². The Morgan fingerprint density at radius 2 is 2.17 bits per heavy atom. The maximum Gasteiger partial charge on any atom is 0.268 e. The minimum Gasteiger partial charge on any atom is -0.490 e.